The highest BCUT2D eigenvalue weighted by atomic mass is 16.5. The molecule has 1 fully saturated rings. The van der Waals surface area contributed by atoms with Gasteiger partial charge in [0.05, 0.1) is 31.1 Å². The molecule has 0 radical (unpaired) electrons. The molecule has 3 aliphatic rings. The Balaban J connectivity index is 1.60. The summed E-state index contributed by atoms with van der Waals surface area (Å²) in [5.41, 5.74) is 1.94. The van der Waals surface area contributed by atoms with E-state index < -0.39 is 0 Å². The topological polar surface area (TPSA) is 60.4 Å². The van der Waals surface area contributed by atoms with Crippen LogP contribution in [-0.4, -0.2) is 48.6 Å². The smallest absolute Gasteiger partial charge is 0.243 e. The average molecular weight is 344 g/mol. The Morgan fingerprint density at radius 1 is 1.12 bits per heavy atom. The summed E-state index contributed by atoms with van der Waals surface area (Å²) >= 11 is 0. The number of hydrogen-bond acceptors (Lipinski definition) is 5. The molecule has 0 aromatic heterocycles. The number of benzene rings is 1. The van der Waals surface area contributed by atoms with E-state index in [-0.39, 0.29) is 18.1 Å². The summed E-state index contributed by atoms with van der Waals surface area (Å²) in [6.07, 6.45) is 3.89. The third-order valence-electron chi connectivity index (χ3n) is 4.94. The van der Waals surface area contributed by atoms with Crippen molar-refractivity contribution in [1.82, 2.24) is 5.01 Å². The zero-order chi connectivity index (χ0) is 17.2. The van der Waals surface area contributed by atoms with Crippen molar-refractivity contribution in [2.45, 2.75) is 51.2 Å². The Morgan fingerprint density at radius 3 is 2.80 bits per heavy atom. The van der Waals surface area contributed by atoms with Gasteiger partial charge in [-0.25, -0.2) is 5.01 Å². The maximum Gasteiger partial charge on any atom is 0.243 e. The van der Waals surface area contributed by atoms with Gasteiger partial charge in [0.25, 0.3) is 0 Å². The van der Waals surface area contributed by atoms with Crippen LogP contribution < -0.4 is 9.47 Å². The van der Waals surface area contributed by atoms with Crippen molar-refractivity contribution < 1.29 is 19.0 Å². The van der Waals surface area contributed by atoms with Crippen molar-refractivity contribution >= 4 is 11.6 Å². The minimum atomic E-state index is 0.109. The van der Waals surface area contributed by atoms with E-state index in [4.69, 9.17) is 19.3 Å². The first-order valence-corrected chi connectivity index (χ1v) is 9.12. The lowest BCUT2D eigenvalue weighted by atomic mass is 10.00. The van der Waals surface area contributed by atoms with Crippen LogP contribution in [0.2, 0.25) is 0 Å². The molecular weight excluding hydrogens is 320 g/mol. The highest BCUT2D eigenvalue weighted by Crippen LogP contribution is 2.32. The molecule has 25 heavy (non-hydrogen) atoms. The summed E-state index contributed by atoms with van der Waals surface area (Å²) in [4.78, 5) is 12.4. The van der Waals surface area contributed by atoms with Gasteiger partial charge >= 0.3 is 0 Å². The number of hydrogen-bond donors (Lipinski definition) is 0. The highest BCUT2D eigenvalue weighted by Gasteiger charge is 2.31. The zero-order valence-electron chi connectivity index (χ0n) is 14.6. The summed E-state index contributed by atoms with van der Waals surface area (Å²) in [5.74, 6) is 1.65. The van der Waals surface area contributed by atoms with Gasteiger partial charge in [0.1, 0.15) is 0 Å². The largest absolute Gasteiger partial charge is 0.490 e. The Labute approximate surface area is 147 Å². The molecule has 2 unspecified atom stereocenters. The third kappa shape index (κ3) is 3.49. The maximum absolute atomic E-state index is 12.4. The molecule has 0 N–H and O–H groups in total. The van der Waals surface area contributed by atoms with Gasteiger partial charge in [-0.2, -0.15) is 5.10 Å². The fourth-order valence-electron chi connectivity index (χ4n) is 3.60. The molecule has 0 spiro atoms. The van der Waals surface area contributed by atoms with E-state index in [2.05, 4.69) is 6.92 Å². The predicted octanol–water partition coefficient (Wildman–Crippen LogP) is 2.74. The van der Waals surface area contributed by atoms with E-state index in [1.54, 1.807) is 5.01 Å². The molecule has 6 heteroatoms. The molecule has 2 atom stereocenters. The SMILES string of the molecule is CC1CC(N2N=C(c3ccc4c(c3)OCCCO4)CCC2=O)CCO1. The molecule has 3 aliphatic heterocycles. The summed E-state index contributed by atoms with van der Waals surface area (Å²) in [6, 6.07) is 6.06. The van der Waals surface area contributed by atoms with Crippen LogP contribution in [0.5, 0.6) is 11.5 Å². The standard InChI is InChI=1S/C19H24N2O4/c1-13-11-15(7-10-23-13)21-19(22)6-4-16(20-21)14-3-5-17-18(12-14)25-9-2-8-24-17/h3,5,12-13,15H,2,4,6-11H2,1H3. The molecule has 3 heterocycles. The molecule has 4 rings (SSSR count). The van der Waals surface area contributed by atoms with Crippen LogP contribution in [0, 0.1) is 0 Å². The van der Waals surface area contributed by atoms with Crippen LogP contribution in [0.4, 0.5) is 0 Å². The normalized spacial score (nSPS) is 26.8. The number of carbonyl (C=O) groups is 1. The van der Waals surface area contributed by atoms with Crippen LogP contribution in [0.15, 0.2) is 23.3 Å². The Morgan fingerprint density at radius 2 is 1.96 bits per heavy atom. The molecule has 0 bridgehead atoms. The summed E-state index contributed by atoms with van der Waals surface area (Å²) in [6.45, 7) is 4.07. The lowest BCUT2D eigenvalue weighted by molar-refractivity contribution is -0.137. The molecule has 1 amide bonds. The molecule has 134 valence electrons. The molecule has 0 aliphatic carbocycles. The first-order chi connectivity index (χ1) is 12.2. The summed E-state index contributed by atoms with van der Waals surface area (Å²) < 4.78 is 17.1. The minimum absolute atomic E-state index is 0.109. The number of rotatable bonds is 2. The van der Waals surface area contributed by atoms with Gasteiger partial charge in [-0.1, -0.05) is 0 Å². The van der Waals surface area contributed by atoms with Crippen LogP contribution in [-0.2, 0) is 9.53 Å². The van der Waals surface area contributed by atoms with Crippen molar-refractivity contribution in [3.8, 4) is 11.5 Å². The monoisotopic (exact) mass is 344 g/mol. The number of nitrogens with zero attached hydrogens (tertiary/aromatic N) is 2. The first kappa shape index (κ1) is 16.4. The van der Waals surface area contributed by atoms with Crippen LogP contribution in [0.3, 0.4) is 0 Å². The number of hydrazone groups is 1. The van der Waals surface area contributed by atoms with Crippen LogP contribution in [0.1, 0.15) is 44.6 Å². The molecule has 1 saturated heterocycles. The zero-order valence-corrected chi connectivity index (χ0v) is 14.6. The number of carbonyl (C=O) groups excluding carboxylic acids is 1. The second-order valence-corrected chi connectivity index (χ2v) is 6.86. The Hall–Kier alpha value is -2.08. The Kier molecular flexibility index (Phi) is 4.61. The van der Waals surface area contributed by atoms with E-state index in [9.17, 15) is 4.79 Å². The van der Waals surface area contributed by atoms with E-state index in [1.165, 1.54) is 0 Å². The number of ether oxygens (including phenoxy) is 3. The van der Waals surface area contributed by atoms with Crippen LogP contribution >= 0.6 is 0 Å². The molecule has 0 saturated carbocycles. The Bertz CT molecular complexity index is 688. The molecule has 1 aromatic carbocycles. The van der Waals surface area contributed by atoms with Gasteiger partial charge in [-0.15, -0.1) is 0 Å². The lowest BCUT2D eigenvalue weighted by Crippen LogP contribution is -2.44. The molecular formula is C19H24N2O4. The van der Waals surface area contributed by atoms with Gasteiger partial charge in [-0.05, 0) is 38.0 Å². The second kappa shape index (κ2) is 7.04. The van der Waals surface area contributed by atoms with Gasteiger partial charge < -0.3 is 14.2 Å². The second-order valence-electron chi connectivity index (χ2n) is 6.86. The van der Waals surface area contributed by atoms with E-state index in [1.807, 2.05) is 18.2 Å². The van der Waals surface area contributed by atoms with Gasteiger partial charge in [0.2, 0.25) is 5.91 Å². The lowest BCUT2D eigenvalue weighted by Gasteiger charge is -2.35. The van der Waals surface area contributed by atoms with Crippen LogP contribution in [0.25, 0.3) is 0 Å². The van der Waals surface area contributed by atoms with Crippen molar-refractivity contribution in [2.75, 3.05) is 19.8 Å². The van der Waals surface area contributed by atoms with Gasteiger partial charge in [-0.3, -0.25) is 4.79 Å². The van der Waals surface area contributed by atoms with E-state index in [0.717, 1.165) is 42.0 Å². The van der Waals surface area contributed by atoms with Crippen molar-refractivity contribution in [1.29, 1.82) is 0 Å². The summed E-state index contributed by atoms with van der Waals surface area (Å²) in [7, 11) is 0. The predicted molar refractivity (Wildman–Crippen MR) is 93.1 cm³/mol. The van der Waals surface area contributed by atoms with E-state index in [0.29, 0.717) is 32.7 Å². The van der Waals surface area contributed by atoms with Crippen molar-refractivity contribution in [3.63, 3.8) is 0 Å². The highest BCUT2D eigenvalue weighted by molar-refractivity contribution is 6.04. The van der Waals surface area contributed by atoms with Crippen molar-refractivity contribution in [2.24, 2.45) is 5.10 Å². The first-order valence-electron chi connectivity index (χ1n) is 9.12. The third-order valence-corrected chi connectivity index (χ3v) is 4.94. The van der Waals surface area contributed by atoms with Crippen molar-refractivity contribution in [3.05, 3.63) is 23.8 Å². The van der Waals surface area contributed by atoms with E-state index >= 15 is 0 Å². The number of fused-ring (bicyclic) bond motifs is 1. The maximum atomic E-state index is 12.4. The number of amides is 1. The van der Waals surface area contributed by atoms with Gasteiger partial charge in [0, 0.05) is 31.4 Å². The fraction of sp³-hybridized carbons (Fsp3) is 0.579. The quantitative estimate of drug-likeness (QED) is 0.828. The minimum Gasteiger partial charge on any atom is -0.490 e. The fourth-order valence-corrected chi connectivity index (χ4v) is 3.60. The van der Waals surface area contributed by atoms with Gasteiger partial charge in [0.15, 0.2) is 11.5 Å². The average Bonchev–Trinajstić information content (AvgIpc) is 2.87. The molecule has 1 aromatic rings. The molecule has 6 nitrogen and oxygen atoms in total. The summed E-state index contributed by atoms with van der Waals surface area (Å²) in [5, 5.41) is 6.41.